The number of hydrogen-bond donors (Lipinski definition) is 12. The Morgan fingerprint density at radius 1 is 0.682 bits per heavy atom. The fourth-order valence-electron chi connectivity index (χ4n) is 2.18. The quantitative estimate of drug-likeness (QED) is 0.0425. The zero-order valence-electron chi connectivity index (χ0n) is 37.0. The van der Waals surface area contributed by atoms with Gasteiger partial charge in [-0.1, -0.05) is 57.0 Å². The van der Waals surface area contributed by atoms with Crippen LogP contribution in [0, 0.1) is 52.4 Å². The second-order valence-corrected chi connectivity index (χ2v) is 11.4. The van der Waals surface area contributed by atoms with E-state index in [1.54, 1.807) is 30.3 Å². The molecule has 0 saturated heterocycles. The standard InChI is InChI=1S/C9H11NO2.C8H6O2.2C5H6O4.C4H6O2.3C3H7NO.CH4.4Zn/c1-6-2-4-7(5-3-6)8(10)9(11)12;1-6-4-2-3-5-7(6)8(9)10;1-4(5(7)8)2-9-3-6;1-3(5(8)9)2-4(6)7;1-3(2)4(5)6;3*1-3(5)2-4;;;;;/h2-5,8H,10H2,1H3,(H,11,12);2-5H,1H2;3-4H,1-2H2;3H,1-2H2,(H-,6,7,8,9);3H,1H2,2H3;3*5H,1-2,4H2;1H4;;;;/p+5. The number of aryl methyl sites for hydroxylation is 1. The molecule has 0 aromatic heterocycles. The Bertz CT molecular complexity index is 1600. The summed E-state index contributed by atoms with van der Waals surface area (Å²) in [5.74, 6) is -8.11. The maximum Gasteiger partial charge on any atom is 0.521 e. The summed E-state index contributed by atoms with van der Waals surface area (Å²) in [5.41, 5.74) is 22.4. The molecule has 0 aliphatic carbocycles. The Morgan fingerprint density at radius 2 is 1.02 bits per heavy atom. The minimum absolute atomic E-state index is 0. The maximum atomic E-state index is 10.5. The molecular weight excluding hydrogens is 1080 g/mol. The second-order valence-electron chi connectivity index (χ2n) is 11.4. The fraction of sp³-hybridized carbons (Fsp3) is 0.293. The zero-order valence-corrected chi connectivity index (χ0v) is 48.8. The first-order chi connectivity index (χ1) is 28.0. The summed E-state index contributed by atoms with van der Waals surface area (Å²) in [5, 5.41) is 71.8. The number of hydrogen-bond acceptors (Lipinski definition) is 15. The number of rotatable bonds is 14. The third-order valence-electron chi connectivity index (χ3n) is 5.57. The molecule has 0 saturated carbocycles. The van der Waals surface area contributed by atoms with Crippen molar-refractivity contribution >= 4 is 42.3 Å². The van der Waals surface area contributed by atoms with Crippen LogP contribution in [-0.4, -0.2) is 114 Å². The number of aliphatic carboxylic acids is 4. The predicted molar refractivity (Wildman–Crippen MR) is 233 cm³/mol. The molecule has 2 rings (SSSR count). The predicted octanol–water partition coefficient (Wildman–Crippen LogP) is 2.72. The Labute approximate surface area is 437 Å². The molecule has 354 valence electrons. The van der Waals surface area contributed by atoms with Gasteiger partial charge in [0.15, 0.2) is 17.9 Å². The molecule has 66 heavy (non-hydrogen) atoms. The van der Waals surface area contributed by atoms with Crippen molar-refractivity contribution in [3.63, 3.8) is 0 Å². The van der Waals surface area contributed by atoms with Crippen molar-refractivity contribution in [2.24, 2.45) is 40.7 Å². The van der Waals surface area contributed by atoms with Crippen LogP contribution >= 0.6 is 0 Å². The second kappa shape index (κ2) is 56.3. The molecule has 0 bridgehead atoms. The van der Waals surface area contributed by atoms with Gasteiger partial charge in [-0.25, -0.2) is 19.2 Å². The molecule has 0 heterocycles. The molecule has 0 radical (unpaired) electrons. The number of carboxylic acid groups (broad SMARTS) is 5. The molecule has 18 N–H and O–H groups in total. The van der Waals surface area contributed by atoms with E-state index in [2.05, 4.69) is 52.2 Å². The van der Waals surface area contributed by atoms with E-state index in [-0.39, 0.29) is 147 Å². The SMILES string of the molecule is C.C=C(O)CN.C=C(O)CN.C=C(O)CN.Cc1ccc(C(N)C(=O)O)cc1.[CH2+]C(C)C(=O)O.[CH2+]C(CC(=O)[OH2+])C(=O)O.[CH2+]C(COC=O)C(=O)O.[CH2+]c1ccccc1C(=O)O.[Zn].[Zn].[Zn].[Zn]. The summed E-state index contributed by atoms with van der Waals surface area (Å²) < 4.78 is 4.13. The minimum atomic E-state index is -1.14. The summed E-state index contributed by atoms with van der Waals surface area (Å²) in [7, 11) is 0. The van der Waals surface area contributed by atoms with Gasteiger partial charge in [0.05, 0.1) is 57.7 Å². The van der Waals surface area contributed by atoms with Crippen LogP contribution in [0.1, 0.15) is 53.9 Å². The smallest absolute Gasteiger partial charge is 0.521 e. The van der Waals surface area contributed by atoms with Crippen LogP contribution in [0.2, 0.25) is 0 Å². The van der Waals surface area contributed by atoms with Crippen molar-refractivity contribution < 1.29 is 162 Å². The molecule has 4 atom stereocenters. The average molecular weight is 1150 g/mol. The van der Waals surface area contributed by atoms with E-state index in [1.165, 1.54) is 13.0 Å². The molecule has 0 aliphatic rings. The molecule has 0 aliphatic heterocycles. The monoisotopic (exact) mass is 1140 g/mol. The van der Waals surface area contributed by atoms with E-state index in [0.717, 1.165) is 5.56 Å². The van der Waals surface area contributed by atoms with Crippen molar-refractivity contribution in [2.75, 3.05) is 26.2 Å². The number of ether oxygens (including phenoxy) is 1. The summed E-state index contributed by atoms with van der Waals surface area (Å²) in [4.78, 5) is 69.8. The molecule has 2 aromatic rings. The van der Waals surface area contributed by atoms with E-state index in [4.69, 9.17) is 68.9 Å². The Kier molecular flexibility index (Phi) is 75.0. The third kappa shape index (κ3) is 68.2. The van der Waals surface area contributed by atoms with Crippen LogP contribution < -0.4 is 22.9 Å². The van der Waals surface area contributed by atoms with Crippen molar-refractivity contribution in [1.82, 2.24) is 0 Å². The number of nitrogens with two attached hydrogens (primary N) is 4. The number of aliphatic hydroxyl groups is 3. The van der Waals surface area contributed by atoms with Crippen LogP contribution in [0.25, 0.3) is 0 Å². The average Bonchev–Trinajstić information content (AvgIpc) is 3.18. The summed E-state index contributed by atoms with van der Waals surface area (Å²) in [6, 6.07) is 12.9. The van der Waals surface area contributed by atoms with Gasteiger partial charge in [-0.05, 0) is 31.5 Å². The van der Waals surface area contributed by atoms with E-state index in [1.807, 2.05) is 19.1 Å². The van der Waals surface area contributed by atoms with Gasteiger partial charge in [-0.3, -0.25) is 9.59 Å². The molecule has 0 fully saturated rings. The van der Waals surface area contributed by atoms with E-state index >= 15 is 0 Å². The fourth-order valence-corrected chi connectivity index (χ4v) is 2.18. The first-order valence-electron chi connectivity index (χ1n) is 16.9. The molecule has 0 amide bonds. The summed E-state index contributed by atoms with van der Waals surface area (Å²) in [6.07, 6.45) is -0.310. The first kappa shape index (κ1) is 88.0. The van der Waals surface area contributed by atoms with Gasteiger partial charge in [0.1, 0.15) is 18.2 Å². The molecule has 25 heteroatoms. The van der Waals surface area contributed by atoms with Gasteiger partial charge >= 0.3 is 35.8 Å². The molecule has 21 nitrogen and oxygen atoms in total. The number of carbonyl (C=O) groups excluding carboxylic acids is 2. The van der Waals surface area contributed by atoms with Gasteiger partial charge in [0.2, 0.25) is 11.8 Å². The largest absolute Gasteiger partial charge is 0.565 e. The Hall–Kier alpha value is -4.84. The van der Waals surface area contributed by atoms with Crippen LogP contribution in [0.15, 0.2) is 85.5 Å². The van der Waals surface area contributed by atoms with Gasteiger partial charge in [0.25, 0.3) is 6.47 Å². The van der Waals surface area contributed by atoms with Crippen LogP contribution in [0.3, 0.4) is 0 Å². The molecule has 2 aromatic carbocycles. The number of carboxylic acids is 5. The van der Waals surface area contributed by atoms with Gasteiger partial charge in [-0.15, -0.1) is 0 Å². The van der Waals surface area contributed by atoms with Crippen molar-refractivity contribution in [1.29, 1.82) is 0 Å². The topological polar surface area (TPSA) is 418 Å². The van der Waals surface area contributed by atoms with E-state index in [0.29, 0.717) is 11.1 Å². The Morgan fingerprint density at radius 3 is 1.21 bits per heavy atom. The maximum absolute atomic E-state index is 10.5. The number of benzene rings is 2. The normalized spacial score (nSPS) is 9.91. The van der Waals surface area contributed by atoms with Crippen molar-refractivity contribution in [2.45, 2.75) is 33.7 Å². The van der Waals surface area contributed by atoms with E-state index < -0.39 is 59.6 Å². The van der Waals surface area contributed by atoms with Crippen LogP contribution in [0.4, 0.5) is 0 Å². The molecule has 0 spiro atoms. The van der Waals surface area contributed by atoms with Gasteiger partial charge in [0, 0.05) is 102 Å². The van der Waals surface area contributed by atoms with Crippen molar-refractivity contribution in [3.05, 3.63) is 135 Å². The number of aliphatic hydroxyl groups excluding tert-OH is 3. The zero-order chi connectivity index (χ0) is 49.4. The van der Waals surface area contributed by atoms with E-state index in [9.17, 15) is 33.6 Å². The third-order valence-corrected chi connectivity index (χ3v) is 5.57. The molecule has 4 unspecified atom stereocenters. The molecular formula is C41H65N4O17Zn4+5. The first-order valence-corrected chi connectivity index (χ1v) is 16.9. The summed E-state index contributed by atoms with van der Waals surface area (Å²) in [6.45, 7) is 26.4. The number of aromatic carboxylic acids is 1. The van der Waals surface area contributed by atoms with Crippen molar-refractivity contribution in [3.8, 4) is 0 Å². The summed E-state index contributed by atoms with van der Waals surface area (Å²) >= 11 is 0. The van der Waals surface area contributed by atoms with Gasteiger partial charge in [-0.2, -0.15) is 0 Å². The minimum Gasteiger partial charge on any atom is -0.565 e. The Balaban J connectivity index is -0.0000000588. The van der Waals surface area contributed by atoms with Gasteiger partial charge < -0.3 is 73.6 Å². The number of carbonyl (C=O) groups is 7. The van der Waals surface area contributed by atoms with Crippen LogP contribution in [-0.2, 0) is 111 Å². The van der Waals surface area contributed by atoms with Crippen LogP contribution in [0.5, 0.6) is 0 Å².